The SMILES string of the molecule is CCN1CCCC1CNC(=O)CCn1c(-c2ccc(OC)cc2)n[nH]c1=S. The highest BCUT2D eigenvalue weighted by Gasteiger charge is 2.23. The number of hydrogen-bond acceptors (Lipinski definition) is 5. The Bertz CT molecular complexity index is 814. The molecular weight excluding hydrogens is 362 g/mol. The lowest BCUT2D eigenvalue weighted by atomic mass is 10.2. The predicted octanol–water partition coefficient (Wildman–Crippen LogP) is 2.61. The molecular formula is C19H27N5O2S. The zero-order valence-electron chi connectivity index (χ0n) is 15.9. The second-order valence-corrected chi connectivity index (χ2v) is 7.10. The fourth-order valence-corrected chi connectivity index (χ4v) is 3.79. The summed E-state index contributed by atoms with van der Waals surface area (Å²) in [6.07, 6.45) is 2.74. The van der Waals surface area contributed by atoms with Gasteiger partial charge in [0.1, 0.15) is 5.75 Å². The third kappa shape index (κ3) is 4.75. The first-order valence-electron chi connectivity index (χ1n) is 9.42. The number of rotatable bonds is 8. The molecule has 2 N–H and O–H groups in total. The smallest absolute Gasteiger partial charge is 0.221 e. The molecule has 0 radical (unpaired) electrons. The van der Waals surface area contributed by atoms with E-state index >= 15 is 0 Å². The van der Waals surface area contributed by atoms with E-state index in [-0.39, 0.29) is 5.91 Å². The highest BCUT2D eigenvalue weighted by molar-refractivity contribution is 7.71. The molecule has 0 saturated carbocycles. The molecule has 1 fully saturated rings. The van der Waals surface area contributed by atoms with E-state index < -0.39 is 0 Å². The van der Waals surface area contributed by atoms with Crippen molar-refractivity contribution >= 4 is 18.1 Å². The van der Waals surface area contributed by atoms with Gasteiger partial charge in [0, 0.05) is 31.1 Å². The predicted molar refractivity (Wildman–Crippen MR) is 107 cm³/mol. The van der Waals surface area contributed by atoms with Crippen LogP contribution in [0.3, 0.4) is 0 Å². The van der Waals surface area contributed by atoms with E-state index in [1.54, 1.807) is 7.11 Å². The van der Waals surface area contributed by atoms with Crippen molar-refractivity contribution in [3.8, 4) is 17.1 Å². The van der Waals surface area contributed by atoms with Crippen LogP contribution in [0.2, 0.25) is 0 Å². The zero-order chi connectivity index (χ0) is 19.2. The Kier molecular flexibility index (Phi) is 6.63. The molecule has 1 saturated heterocycles. The molecule has 1 aliphatic rings. The van der Waals surface area contributed by atoms with Crippen molar-refractivity contribution in [1.82, 2.24) is 25.0 Å². The Morgan fingerprint density at radius 2 is 2.19 bits per heavy atom. The summed E-state index contributed by atoms with van der Waals surface area (Å²) in [5.74, 6) is 1.55. The average molecular weight is 390 g/mol. The summed E-state index contributed by atoms with van der Waals surface area (Å²) in [4.78, 5) is 14.7. The Balaban J connectivity index is 1.58. The molecule has 1 aliphatic heterocycles. The number of nitrogens with zero attached hydrogens (tertiary/aromatic N) is 3. The van der Waals surface area contributed by atoms with Crippen molar-refractivity contribution in [2.75, 3.05) is 26.7 Å². The molecule has 2 aromatic rings. The first kappa shape index (κ1) is 19.6. The number of nitrogens with one attached hydrogen (secondary N) is 2. The van der Waals surface area contributed by atoms with Gasteiger partial charge in [-0.25, -0.2) is 0 Å². The first-order chi connectivity index (χ1) is 13.1. The van der Waals surface area contributed by atoms with Gasteiger partial charge in [-0.1, -0.05) is 6.92 Å². The van der Waals surface area contributed by atoms with Crippen LogP contribution < -0.4 is 10.1 Å². The van der Waals surface area contributed by atoms with Crippen molar-refractivity contribution in [3.05, 3.63) is 29.0 Å². The largest absolute Gasteiger partial charge is 0.497 e. The summed E-state index contributed by atoms with van der Waals surface area (Å²) in [6.45, 7) is 5.54. The fourth-order valence-electron chi connectivity index (χ4n) is 3.56. The van der Waals surface area contributed by atoms with E-state index in [2.05, 4.69) is 27.3 Å². The van der Waals surface area contributed by atoms with Crippen LogP contribution in [0.1, 0.15) is 26.2 Å². The minimum Gasteiger partial charge on any atom is -0.497 e. The van der Waals surface area contributed by atoms with E-state index in [4.69, 9.17) is 17.0 Å². The number of methoxy groups -OCH3 is 1. The van der Waals surface area contributed by atoms with Crippen LogP contribution in [0.25, 0.3) is 11.4 Å². The number of hydrogen-bond donors (Lipinski definition) is 2. The Morgan fingerprint density at radius 1 is 1.41 bits per heavy atom. The van der Waals surface area contributed by atoms with E-state index in [9.17, 15) is 4.79 Å². The monoisotopic (exact) mass is 389 g/mol. The molecule has 8 heteroatoms. The third-order valence-corrected chi connectivity index (χ3v) is 5.42. The lowest BCUT2D eigenvalue weighted by Crippen LogP contribution is -2.40. The number of aromatic nitrogens is 3. The summed E-state index contributed by atoms with van der Waals surface area (Å²) in [5.41, 5.74) is 0.924. The van der Waals surface area contributed by atoms with E-state index in [0.717, 1.165) is 43.2 Å². The second-order valence-electron chi connectivity index (χ2n) is 6.71. The number of benzene rings is 1. The number of carbonyl (C=O) groups excluding carboxylic acids is 1. The molecule has 2 heterocycles. The van der Waals surface area contributed by atoms with Gasteiger partial charge in [0.2, 0.25) is 5.91 Å². The van der Waals surface area contributed by atoms with Crippen LogP contribution in [0.4, 0.5) is 0 Å². The summed E-state index contributed by atoms with van der Waals surface area (Å²) in [7, 11) is 1.63. The number of ether oxygens (including phenoxy) is 1. The molecule has 3 rings (SSSR count). The number of amides is 1. The Hall–Kier alpha value is -2.19. The highest BCUT2D eigenvalue weighted by atomic mass is 32.1. The standard InChI is InChI=1S/C19H27N5O2S/c1-3-23-11-4-5-15(23)13-20-17(25)10-12-24-18(21-22-19(24)27)14-6-8-16(26-2)9-7-14/h6-9,15H,3-5,10-13H2,1-2H3,(H,20,25)(H,22,27). The molecule has 0 spiro atoms. The molecule has 1 unspecified atom stereocenters. The molecule has 0 aliphatic carbocycles. The van der Waals surface area contributed by atoms with Gasteiger partial charge in [0.05, 0.1) is 7.11 Å². The summed E-state index contributed by atoms with van der Waals surface area (Å²) >= 11 is 5.34. The summed E-state index contributed by atoms with van der Waals surface area (Å²) in [6, 6.07) is 8.08. The van der Waals surface area contributed by atoms with Crippen LogP contribution in [-0.4, -0.2) is 58.4 Å². The average Bonchev–Trinajstić information content (AvgIpc) is 3.30. The summed E-state index contributed by atoms with van der Waals surface area (Å²) < 4.78 is 7.57. The molecule has 146 valence electrons. The number of likely N-dealkylation sites (tertiary alicyclic amines) is 1. The molecule has 1 aromatic carbocycles. The van der Waals surface area contributed by atoms with Crippen molar-refractivity contribution in [2.24, 2.45) is 0 Å². The first-order valence-corrected chi connectivity index (χ1v) is 9.83. The van der Waals surface area contributed by atoms with Crippen LogP contribution in [0.15, 0.2) is 24.3 Å². The maximum atomic E-state index is 12.3. The van der Waals surface area contributed by atoms with Gasteiger partial charge >= 0.3 is 0 Å². The van der Waals surface area contributed by atoms with Gasteiger partial charge in [-0.15, -0.1) is 0 Å². The maximum Gasteiger partial charge on any atom is 0.221 e. The maximum absolute atomic E-state index is 12.3. The second kappa shape index (κ2) is 9.14. The molecule has 1 atom stereocenters. The quantitative estimate of drug-likeness (QED) is 0.679. The third-order valence-electron chi connectivity index (χ3n) is 5.11. The van der Waals surface area contributed by atoms with Gasteiger partial charge in [0.25, 0.3) is 0 Å². The molecule has 0 bridgehead atoms. The minimum atomic E-state index is 0.0433. The van der Waals surface area contributed by atoms with Gasteiger partial charge in [-0.05, 0) is 62.4 Å². The lowest BCUT2D eigenvalue weighted by molar-refractivity contribution is -0.121. The number of likely N-dealkylation sites (N-methyl/N-ethyl adjacent to an activating group) is 1. The van der Waals surface area contributed by atoms with Crippen LogP contribution >= 0.6 is 12.2 Å². The normalized spacial score (nSPS) is 17.2. The van der Waals surface area contributed by atoms with Gasteiger partial charge in [-0.2, -0.15) is 5.10 Å². The number of carbonyl (C=O) groups is 1. The van der Waals surface area contributed by atoms with Crippen molar-refractivity contribution < 1.29 is 9.53 Å². The number of H-pyrrole nitrogens is 1. The minimum absolute atomic E-state index is 0.0433. The number of aromatic amines is 1. The van der Waals surface area contributed by atoms with Gasteiger partial charge in [-0.3, -0.25) is 19.4 Å². The van der Waals surface area contributed by atoms with Crippen LogP contribution in [-0.2, 0) is 11.3 Å². The van der Waals surface area contributed by atoms with Gasteiger partial charge in [0.15, 0.2) is 10.6 Å². The molecule has 27 heavy (non-hydrogen) atoms. The Morgan fingerprint density at radius 3 is 2.89 bits per heavy atom. The molecule has 7 nitrogen and oxygen atoms in total. The van der Waals surface area contributed by atoms with Crippen LogP contribution in [0, 0.1) is 4.77 Å². The van der Waals surface area contributed by atoms with Gasteiger partial charge < -0.3 is 10.1 Å². The van der Waals surface area contributed by atoms with E-state index in [0.29, 0.717) is 23.8 Å². The van der Waals surface area contributed by atoms with Crippen molar-refractivity contribution in [2.45, 2.75) is 38.8 Å². The van der Waals surface area contributed by atoms with E-state index in [1.807, 2.05) is 28.8 Å². The fraction of sp³-hybridized carbons (Fsp3) is 0.526. The van der Waals surface area contributed by atoms with Crippen molar-refractivity contribution in [3.63, 3.8) is 0 Å². The summed E-state index contributed by atoms with van der Waals surface area (Å²) in [5, 5.41) is 10.2. The highest BCUT2D eigenvalue weighted by Crippen LogP contribution is 2.21. The molecule has 1 aromatic heterocycles. The molecule has 1 amide bonds. The van der Waals surface area contributed by atoms with E-state index in [1.165, 1.54) is 6.42 Å². The topological polar surface area (TPSA) is 75.2 Å². The van der Waals surface area contributed by atoms with Crippen LogP contribution in [0.5, 0.6) is 5.75 Å². The van der Waals surface area contributed by atoms with Crippen molar-refractivity contribution in [1.29, 1.82) is 0 Å². The Labute approximate surface area is 164 Å². The lowest BCUT2D eigenvalue weighted by Gasteiger charge is -2.22. The zero-order valence-corrected chi connectivity index (χ0v) is 16.7.